The maximum atomic E-state index is 12.9. The van der Waals surface area contributed by atoms with Crippen molar-refractivity contribution < 1.29 is 28.3 Å². The predicted molar refractivity (Wildman–Crippen MR) is 113 cm³/mol. The van der Waals surface area contributed by atoms with Crippen molar-refractivity contribution >= 4 is 12.1 Å². The third-order valence-corrected chi connectivity index (χ3v) is 4.51. The molecular weight excluding hydrogens is 416 g/mol. The number of aromatic nitrogens is 3. The van der Waals surface area contributed by atoms with Crippen molar-refractivity contribution in [2.24, 2.45) is 0 Å². The highest BCUT2D eigenvalue weighted by molar-refractivity contribution is 5.96. The molecule has 0 aliphatic rings. The van der Waals surface area contributed by atoms with Gasteiger partial charge in [0.15, 0.2) is 17.3 Å². The molecule has 3 rings (SSSR count). The zero-order valence-electron chi connectivity index (χ0n) is 18.2. The Morgan fingerprint density at radius 2 is 2.03 bits per heavy atom. The van der Waals surface area contributed by atoms with Gasteiger partial charge >= 0.3 is 6.16 Å². The summed E-state index contributed by atoms with van der Waals surface area (Å²) in [5.41, 5.74) is 1.78. The van der Waals surface area contributed by atoms with E-state index in [-0.39, 0.29) is 29.6 Å². The summed E-state index contributed by atoms with van der Waals surface area (Å²) in [6.07, 6.45) is 1.27. The Bertz CT molecular complexity index is 1100. The molecule has 0 aliphatic heterocycles. The van der Waals surface area contributed by atoms with E-state index in [9.17, 15) is 9.59 Å². The van der Waals surface area contributed by atoms with Crippen LogP contribution in [0.2, 0.25) is 0 Å². The second-order valence-electron chi connectivity index (χ2n) is 6.68. The summed E-state index contributed by atoms with van der Waals surface area (Å²) in [4.78, 5) is 33.1. The molecule has 0 radical (unpaired) electrons. The molecule has 0 aliphatic carbocycles. The van der Waals surface area contributed by atoms with Crippen LogP contribution in [0.25, 0.3) is 11.5 Å². The van der Waals surface area contributed by atoms with Gasteiger partial charge in [-0.3, -0.25) is 4.79 Å². The van der Waals surface area contributed by atoms with Crippen LogP contribution in [0, 0.1) is 0 Å². The number of hydrogen-bond acceptors (Lipinski definition) is 9. The number of aryl methyl sites for hydroxylation is 1. The van der Waals surface area contributed by atoms with Crippen molar-refractivity contribution in [3.63, 3.8) is 0 Å². The number of methoxy groups -OCH3 is 1. The predicted octanol–water partition coefficient (Wildman–Crippen LogP) is 3.73. The van der Waals surface area contributed by atoms with Crippen LogP contribution in [-0.2, 0) is 11.2 Å². The van der Waals surface area contributed by atoms with Crippen LogP contribution in [0.3, 0.4) is 0 Å². The molecule has 168 valence electrons. The molecule has 0 spiro atoms. The quantitative estimate of drug-likeness (QED) is 0.521. The lowest BCUT2D eigenvalue weighted by Crippen LogP contribution is -2.29. The van der Waals surface area contributed by atoms with E-state index in [1.807, 2.05) is 24.3 Å². The summed E-state index contributed by atoms with van der Waals surface area (Å²) in [5, 5.41) is 6.69. The summed E-state index contributed by atoms with van der Waals surface area (Å²) in [5.74, 6) is 0.0233. The minimum atomic E-state index is -0.974. The highest BCUT2D eigenvalue weighted by Crippen LogP contribution is 2.30. The van der Waals surface area contributed by atoms with Gasteiger partial charge in [0.1, 0.15) is 0 Å². The zero-order valence-corrected chi connectivity index (χ0v) is 18.2. The number of nitrogens with zero attached hydrogens (tertiary/aromatic N) is 3. The molecule has 0 bridgehead atoms. The molecule has 0 saturated heterocycles. The van der Waals surface area contributed by atoms with Crippen LogP contribution in [0.5, 0.6) is 11.5 Å². The minimum absolute atomic E-state index is 0.112. The highest BCUT2D eigenvalue weighted by Gasteiger charge is 2.25. The first-order valence-corrected chi connectivity index (χ1v) is 10.1. The number of carbonyl (C=O) groups is 2. The van der Waals surface area contributed by atoms with Crippen molar-refractivity contribution in [1.29, 1.82) is 0 Å². The van der Waals surface area contributed by atoms with E-state index in [4.69, 9.17) is 18.7 Å². The van der Waals surface area contributed by atoms with Crippen molar-refractivity contribution in [2.75, 3.05) is 13.7 Å². The number of benzene rings is 1. The van der Waals surface area contributed by atoms with E-state index in [2.05, 4.69) is 27.4 Å². The van der Waals surface area contributed by atoms with E-state index in [0.29, 0.717) is 5.89 Å². The average Bonchev–Trinajstić information content (AvgIpc) is 3.30. The monoisotopic (exact) mass is 440 g/mol. The van der Waals surface area contributed by atoms with E-state index in [0.717, 1.165) is 17.5 Å². The number of nitrogens with one attached hydrogen (secondary N) is 1. The number of pyridine rings is 1. The van der Waals surface area contributed by atoms with Crippen LogP contribution in [0.1, 0.15) is 48.7 Å². The Balaban J connectivity index is 1.79. The zero-order chi connectivity index (χ0) is 23.1. The molecule has 10 nitrogen and oxygen atoms in total. The van der Waals surface area contributed by atoms with Crippen molar-refractivity contribution in [3.05, 3.63) is 53.6 Å². The number of ether oxygens (including phenoxy) is 3. The Hall–Kier alpha value is -3.95. The lowest BCUT2D eigenvalue weighted by Gasteiger charge is -2.14. The Morgan fingerprint density at radius 3 is 2.75 bits per heavy atom. The SMILES string of the molecule is CCOC(=O)Oc1c(OC)ccnc1C(=O)N[C@@H](C)c1noc(-c2cccc(CC)c2)n1. The summed E-state index contributed by atoms with van der Waals surface area (Å²) in [6.45, 7) is 5.50. The van der Waals surface area contributed by atoms with Crippen LogP contribution in [0.4, 0.5) is 4.79 Å². The largest absolute Gasteiger partial charge is 0.514 e. The minimum Gasteiger partial charge on any atom is -0.493 e. The Morgan fingerprint density at radius 1 is 1.22 bits per heavy atom. The summed E-state index contributed by atoms with van der Waals surface area (Å²) >= 11 is 0. The maximum absolute atomic E-state index is 12.9. The van der Waals surface area contributed by atoms with E-state index in [1.165, 1.54) is 19.4 Å². The number of rotatable bonds is 8. The fraction of sp³-hybridized carbons (Fsp3) is 0.318. The van der Waals surface area contributed by atoms with Crippen LogP contribution in [0.15, 0.2) is 41.1 Å². The van der Waals surface area contributed by atoms with E-state index >= 15 is 0 Å². The average molecular weight is 440 g/mol. The Kier molecular flexibility index (Phi) is 7.37. The van der Waals surface area contributed by atoms with Gasteiger partial charge in [0.05, 0.1) is 19.8 Å². The topological polar surface area (TPSA) is 126 Å². The molecule has 3 aromatic rings. The molecule has 1 aromatic carbocycles. The molecule has 1 N–H and O–H groups in total. The van der Waals surface area contributed by atoms with Crippen LogP contribution >= 0.6 is 0 Å². The van der Waals surface area contributed by atoms with Gasteiger partial charge in [0.25, 0.3) is 11.8 Å². The van der Waals surface area contributed by atoms with Crippen molar-refractivity contribution in [1.82, 2.24) is 20.4 Å². The van der Waals surface area contributed by atoms with Crippen molar-refractivity contribution in [2.45, 2.75) is 33.2 Å². The maximum Gasteiger partial charge on any atom is 0.514 e. The van der Waals surface area contributed by atoms with Gasteiger partial charge in [-0.25, -0.2) is 9.78 Å². The molecule has 0 saturated carbocycles. The fourth-order valence-electron chi connectivity index (χ4n) is 2.86. The highest BCUT2D eigenvalue weighted by atomic mass is 16.7. The van der Waals surface area contributed by atoms with Crippen LogP contribution in [-0.4, -0.2) is 40.9 Å². The van der Waals surface area contributed by atoms with E-state index in [1.54, 1.807) is 13.8 Å². The van der Waals surface area contributed by atoms with Gasteiger partial charge in [0.2, 0.25) is 5.75 Å². The smallest absolute Gasteiger partial charge is 0.493 e. The first-order chi connectivity index (χ1) is 15.5. The first-order valence-electron chi connectivity index (χ1n) is 10.1. The normalized spacial score (nSPS) is 11.5. The molecule has 0 unspecified atom stereocenters. The second-order valence-corrected chi connectivity index (χ2v) is 6.68. The molecule has 2 aromatic heterocycles. The van der Waals surface area contributed by atoms with Gasteiger partial charge < -0.3 is 24.1 Å². The molecule has 2 heterocycles. The second kappa shape index (κ2) is 10.4. The fourth-order valence-corrected chi connectivity index (χ4v) is 2.86. The lowest BCUT2D eigenvalue weighted by molar-refractivity contribution is 0.0914. The third kappa shape index (κ3) is 5.20. The lowest BCUT2D eigenvalue weighted by atomic mass is 10.1. The molecular formula is C22H24N4O6. The van der Waals surface area contributed by atoms with Gasteiger partial charge in [-0.1, -0.05) is 24.2 Å². The summed E-state index contributed by atoms with van der Waals surface area (Å²) < 4.78 is 20.5. The number of hydrogen-bond donors (Lipinski definition) is 1. The van der Waals surface area contributed by atoms with E-state index < -0.39 is 18.1 Å². The number of carbonyl (C=O) groups excluding carboxylic acids is 2. The standard InChI is InChI=1S/C22H24N4O6/c1-5-14-8-7-9-15(12-14)21-25-19(26-32-21)13(3)24-20(27)17-18(31-22(28)30-6-2)16(29-4)10-11-23-17/h7-13H,5-6H2,1-4H3,(H,24,27)/t13-/m0/s1. The molecule has 10 heteroatoms. The summed E-state index contributed by atoms with van der Waals surface area (Å²) in [6, 6.07) is 8.63. The molecule has 1 atom stereocenters. The molecule has 32 heavy (non-hydrogen) atoms. The van der Waals surface area contributed by atoms with Crippen LogP contribution < -0.4 is 14.8 Å². The first kappa shape index (κ1) is 22.7. The van der Waals surface area contributed by atoms with Gasteiger partial charge in [-0.15, -0.1) is 0 Å². The summed E-state index contributed by atoms with van der Waals surface area (Å²) in [7, 11) is 1.38. The third-order valence-electron chi connectivity index (χ3n) is 4.51. The van der Waals surface area contributed by atoms with Gasteiger partial charge in [0, 0.05) is 17.8 Å². The number of amides is 1. The Labute approximate surface area is 184 Å². The van der Waals surface area contributed by atoms with Gasteiger partial charge in [-0.2, -0.15) is 4.98 Å². The molecule has 1 amide bonds. The van der Waals surface area contributed by atoms with Gasteiger partial charge in [-0.05, 0) is 38.0 Å². The van der Waals surface area contributed by atoms with Crippen molar-refractivity contribution in [3.8, 4) is 23.0 Å². The molecule has 0 fully saturated rings.